The maximum Gasteiger partial charge on any atom is 0.311 e. The van der Waals surface area contributed by atoms with E-state index in [-0.39, 0.29) is 11.4 Å². The van der Waals surface area contributed by atoms with E-state index in [1.54, 1.807) is 0 Å². The second-order valence-corrected chi connectivity index (χ2v) is 4.50. The van der Waals surface area contributed by atoms with Gasteiger partial charge in [-0.15, -0.1) is 0 Å². The van der Waals surface area contributed by atoms with Gasteiger partial charge in [0.15, 0.2) is 0 Å². The fourth-order valence-corrected chi connectivity index (χ4v) is 1.88. The number of rotatable bonds is 3. The monoisotopic (exact) mass is 244 g/mol. The van der Waals surface area contributed by atoms with E-state index in [2.05, 4.69) is 23.8 Å². The van der Waals surface area contributed by atoms with Crippen molar-refractivity contribution in [1.82, 2.24) is 9.97 Å². The molecule has 0 spiro atoms. The minimum atomic E-state index is -0.330. The average molecular weight is 244 g/mol. The summed E-state index contributed by atoms with van der Waals surface area (Å²) in [4.78, 5) is 17.9. The molecule has 0 radical (unpaired) electrons. The SMILES string of the molecule is Cc1cc(Oc2ncc[nH]c2=O)ccc1C(C)C. The third kappa shape index (κ3) is 2.59. The van der Waals surface area contributed by atoms with Gasteiger partial charge in [0, 0.05) is 12.4 Å². The summed E-state index contributed by atoms with van der Waals surface area (Å²) in [6.07, 6.45) is 2.97. The second-order valence-electron chi connectivity index (χ2n) is 4.50. The first kappa shape index (κ1) is 12.4. The number of hydrogen-bond donors (Lipinski definition) is 1. The smallest absolute Gasteiger partial charge is 0.311 e. The summed E-state index contributed by atoms with van der Waals surface area (Å²) in [6.45, 7) is 6.32. The van der Waals surface area contributed by atoms with Crippen molar-refractivity contribution in [3.8, 4) is 11.6 Å². The highest BCUT2D eigenvalue weighted by molar-refractivity contribution is 5.37. The Morgan fingerprint density at radius 2 is 2.11 bits per heavy atom. The van der Waals surface area contributed by atoms with E-state index >= 15 is 0 Å². The molecule has 0 saturated carbocycles. The lowest BCUT2D eigenvalue weighted by Crippen LogP contribution is -2.09. The van der Waals surface area contributed by atoms with Crippen molar-refractivity contribution in [1.29, 1.82) is 0 Å². The number of ether oxygens (including phenoxy) is 1. The van der Waals surface area contributed by atoms with Gasteiger partial charge in [0.1, 0.15) is 5.75 Å². The number of aryl methyl sites for hydroxylation is 1. The van der Waals surface area contributed by atoms with Crippen molar-refractivity contribution in [3.63, 3.8) is 0 Å². The Kier molecular flexibility index (Phi) is 3.46. The van der Waals surface area contributed by atoms with Crippen molar-refractivity contribution in [3.05, 3.63) is 52.1 Å². The summed E-state index contributed by atoms with van der Waals surface area (Å²) in [5, 5.41) is 0. The highest BCUT2D eigenvalue weighted by Gasteiger charge is 2.07. The second kappa shape index (κ2) is 5.04. The zero-order valence-electron chi connectivity index (χ0n) is 10.7. The lowest BCUT2D eigenvalue weighted by atomic mass is 9.98. The van der Waals surface area contributed by atoms with E-state index in [0.29, 0.717) is 11.7 Å². The first-order chi connectivity index (χ1) is 8.58. The Balaban J connectivity index is 2.29. The van der Waals surface area contributed by atoms with E-state index in [0.717, 1.165) is 5.56 Å². The highest BCUT2D eigenvalue weighted by Crippen LogP contribution is 2.25. The molecule has 1 heterocycles. The molecule has 0 unspecified atom stereocenters. The summed E-state index contributed by atoms with van der Waals surface area (Å²) in [5.74, 6) is 1.16. The highest BCUT2D eigenvalue weighted by atomic mass is 16.5. The van der Waals surface area contributed by atoms with Crippen molar-refractivity contribution in [2.75, 3.05) is 0 Å². The molecule has 0 atom stereocenters. The Hall–Kier alpha value is -2.10. The first-order valence-corrected chi connectivity index (χ1v) is 5.90. The van der Waals surface area contributed by atoms with Gasteiger partial charge in [-0.25, -0.2) is 4.98 Å². The maximum absolute atomic E-state index is 11.4. The Bertz CT molecular complexity index is 603. The number of aromatic amines is 1. The number of hydrogen-bond acceptors (Lipinski definition) is 3. The molecule has 2 rings (SSSR count). The van der Waals surface area contributed by atoms with Crippen molar-refractivity contribution in [2.45, 2.75) is 26.7 Å². The summed E-state index contributed by atoms with van der Waals surface area (Å²) in [6, 6.07) is 5.80. The molecule has 1 aromatic carbocycles. The minimum absolute atomic E-state index is 0.0641. The van der Waals surface area contributed by atoms with Crippen molar-refractivity contribution in [2.24, 2.45) is 0 Å². The molecule has 0 saturated heterocycles. The Morgan fingerprint density at radius 3 is 2.72 bits per heavy atom. The van der Waals surface area contributed by atoms with E-state index in [1.807, 2.05) is 25.1 Å². The summed E-state index contributed by atoms with van der Waals surface area (Å²) < 4.78 is 5.47. The van der Waals surface area contributed by atoms with Crippen LogP contribution < -0.4 is 10.3 Å². The van der Waals surface area contributed by atoms with Crippen LogP contribution in [0.2, 0.25) is 0 Å². The van der Waals surface area contributed by atoms with Crippen LogP contribution in [0.1, 0.15) is 30.9 Å². The fraction of sp³-hybridized carbons (Fsp3) is 0.286. The van der Waals surface area contributed by atoms with Crippen molar-refractivity contribution >= 4 is 0 Å². The molecule has 2 aromatic rings. The molecule has 4 nitrogen and oxygen atoms in total. The number of benzene rings is 1. The van der Waals surface area contributed by atoms with Gasteiger partial charge in [-0.1, -0.05) is 19.9 Å². The van der Waals surface area contributed by atoms with Crippen LogP contribution in [0.5, 0.6) is 11.6 Å². The van der Waals surface area contributed by atoms with Gasteiger partial charge < -0.3 is 9.72 Å². The zero-order valence-corrected chi connectivity index (χ0v) is 10.7. The van der Waals surface area contributed by atoms with Crippen LogP contribution >= 0.6 is 0 Å². The largest absolute Gasteiger partial charge is 0.435 e. The quantitative estimate of drug-likeness (QED) is 0.903. The lowest BCUT2D eigenvalue weighted by Gasteiger charge is -2.11. The van der Waals surface area contributed by atoms with Gasteiger partial charge in [-0.05, 0) is 36.1 Å². The van der Waals surface area contributed by atoms with Gasteiger partial charge in [0.2, 0.25) is 0 Å². The standard InChI is InChI=1S/C14H16N2O2/c1-9(2)12-5-4-11(8-10(12)3)18-14-13(17)15-6-7-16-14/h4-9H,1-3H3,(H,15,17). The number of H-pyrrole nitrogens is 1. The topological polar surface area (TPSA) is 55.0 Å². The molecule has 0 amide bonds. The summed E-state index contributed by atoms with van der Waals surface area (Å²) in [7, 11) is 0. The van der Waals surface area contributed by atoms with E-state index in [4.69, 9.17) is 4.74 Å². The van der Waals surface area contributed by atoms with E-state index in [9.17, 15) is 4.79 Å². The van der Waals surface area contributed by atoms with E-state index < -0.39 is 0 Å². The average Bonchev–Trinajstić information content (AvgIpc) is 2.32. The Labute approximate surface area is 106 Å². The fourth-order valence-electron chi connectivity index (χ4n) is 1.88. The van der Waals surface area contributed by atoms with E-state index in [1.165, 1.54) is 18.0 Å². The number of nitrogens with zero attached hydrogens (tertiary/aromatic N) is 1. The van der Waals surface area contributed by atoms with Crippen LogP contribution in [0, 0.1) is 6.92 Å². The Morgan fingerprint density at radius 1 is 1.33 bits per heavy atom. The molecule has 0 aliphatic heterocycles. The summed E-state index contributed by atoms with van der Waals surface area (Å²) >= 11 is 0. The van der Waals surface area contributed by atoms with Crippen molar-refractivity contribution < 1.29 is 4.74 Å². The van der Waals surface area contributed by atoms with Gasteiger partial charge >= 0.3 is 5.56 Å². The van der Waals surface area contributed by atoms with Gasteiger partial charge in [0.05, 0.1) is 0 Å². The van der Waals surface area contributed by atoms with Crippen LogP contribution in [-0.4, -0.2) is 9.97 Å². The molecular formula is C14H16N2O2. The molecule has 0 bridgehead atoms. The molecule has 1 N–H and O–H groups in total. The predicted molar refractivity (Wildman–Crippen MR) is 70.2 cm³/mol. The van der Waals surface area contributed by atoms with Crippen LogP contribution in [-0.2, 0) is 0 Å². The van der Waals surface area contributed by atoms with Gasteiger partial charge in [0.25, 0.3) is 5.88 Å². The molecule has 0 aliphatic rings. The van der Waals surface area contributed by atoms with Gasteiger partial charge in [-0.2, -0.15) is 0 Å². The van der Waals surface area contributed by atoms with Gasteiger partial charge in [-0.3, -0.25) is 4.79 Å². The minimum Gasteiger partial charge on any atom is -0.435 e. The maximum atomic E-state index is 11.4. The third-order valence-corrected chi connectivity index (χ3v) is 2.75. The number of aromatic nitrogens is 2. The molecule has 4 heteroatoms. The third-order valence-electron chi connectivity index (χ3n) is 2.75. The molecule has 18 heavy (non-hydrogen) atoms. The molecule has 0 aliphatic carbocycles. The predicted octanol–water partition coefficient (Wildman–Crippen LogP) is 2.99. The molecule has 94 valence electrons. The zero-order chi connectivity index (χ0) is 13.1. The van der Waals surface area contributed by atoms with Crippen LogP contribution in [0.3, 0.4) is 0 Å². The lowest BCUT2D eigenvalue weighted by molar-refractivity contribution is 0.453. The first-order valence-electron chi connectivity index (χ1n) is 5.90. The summed E-state index contributed by atoms with van der Waals surface area (Å²) in [5.41, 5.74) is 2.09. The van der Waals surface area contributed by atoms with Crippen LogP contribution in [0.25, 0.3) is 0 Å². The normalized spacial score (nSPS) is 10.7. The molecule has 1 aromatic heterocycles. The van der Waals surface area contributed by atoms with Crippen LogP contribution in [0.15, 0.2) is 35.4 Å². The molecule has 0 fully saturated rings. The molecular weight excluding hydrogens is 228 g/mol. The number of nitrogens with one attached hydrogen (secondary N) is 1. The van der Waals surface area contributed by atoms with Crippen LogP contribution in [0.4, 0.5) is 0 Å².